The first kappa shape index (κ1) is 12.7. The van der Waals surface area contributed by atoms with E-state index in [1.165, 1.54) is 23.5 Å². The van der Waals surface area contributed by atoms with Gasteiger partial charge in [0, 0.05) is 17.4 Å². The first-order valence-corrected chi connectivity index (χ1v) is 6.45. The molecule has 1 N–H and O–H groups in total. The molecule has 18 heavy (non-hydrogen) atoms. The molecule has 2 aromatic rings. The molecule has 0 unspecified atom stereocenters. The molecule has 2 rings (SSSR count). The normalized spacial score (nSPS) is 10.5. The summed E-state index contributed by atoms with van der Waals surface area (Å²) in [5.41, 5.74) is 1.77. The Morgan fingerprint density at radius 2 is 2.06 bits per heavy atom. The van der Waals surface area contributed by atoms with Crippen LogP contribution in [0.2, 0.25) is 0 Å². The largest absolute Gasteiger partial charge is 0.481 e. The van der Waals surface area contributed by atoms with Gasteiger partial charge in [-0.05, 0) is 37.1 Å². The Hall–Kier alpha value is -1.75. The highest BCUT2D eigenvalue weighted by Gasteiger charge is 2.05. The van der Waals surface area contributed by atoms with Crippen molar-refractivity contribution in [3.63, 3.8) is 0 Å². The van der Waals surface area contributed by atoms with E-state index in [0.29, 0.717) is 12.8 Å². The molecule has 3 nitrogen and oxygen atoms in total. The van der Waals surface area contributed by atoms with Crippen molar-refractivity contribution in [2.24, 2.45) is 0 Å². The summed E-state index contributed by atoms with van der Waals surface area (Å²) >= 11 is 1.49. The van der Waals surface area contributed by atoms with Gasteiger partial charge in [-0.3, -0.25) is 4.79 Å². The minimum absolute atomic E-state index is 0.156. The maximum absolute atomic E-state index is 12.8. The standard InChI is InChI=1S/C13H12FNO2S/c14-10-6-4-9(5-7-10)13-15-11(8-18-13)2-1-3-12(16)17/h4-8H,1-3H2,(H,16,17). The molecule has 0 aliphatic rings. The van der Waals surface area contributed by atoms with Gasteiger partial charge in [-0.1, -0.05) is 0 Å². The van der Waals surface area contributed by atoms with Crippen molar-refractivity contribution in [2.75, 3.05) is 0 Å². The van der Waals surface area contributed by atoms with Gasteiger partial charge in [-0.25, -0.2) is 9.37 Å². The number of aliphatic carboxylic acids is 1. The third-order valence-electron chi connectivity index (χ3n) is 2.47. The maximum Gasteiger partial charge on any atom is 0.303 e. The molecule has 0 bridgehead atoms. The van der Waals surface area contributed by atoms with Crippen molar-refractivity contribution in [3.05, 3.63) is 41.2 Å². The molecule has 0 fully saturated rings. The SMILES string of the molecule is O=C(O)CCCc1csc(-c2ccc(F)cc2)n1. The van der Waals surface area contributed by atoms with Crippen LogP contribution < -0.4 is 0 Å². The number of carboxylic acids is 1. The number of carbonyl (C=O) groups is 1. The second-order valence-electron chi connectivity index (χ2n) is 3.90. The fraction of sp³-hybridized carbons (Fsp3) is 0.231. The number of hydrogen-bond donors (Lipinski definition) is 1. The fourth-order valence-electron chi connectivity index (χ4n) is 1.57. The molecule has 1 aromatic carbocycles. The summed E-state index contributed by atoms with van der Waals surface area (Å²) in [6.07, 6.45) is 1.40. The van der Waals surface area contributed by atoms with E-state index in [4.69, 9.17) is 5.11 Å². The first-order valence-electron chi connectivity index (χ1n) is 5.57. The third-order valence-corrected chi connectivity index (χ3v) is 3.41. The summed E-state index contributed by atoms with van der Waals surface area (Å²) in [6, 6.07) is 6.19. The highest BCUT2D eigenvalue weighted by molar-refractivity contribution is 7.13. The van der Waals surface area contributed by atoms with Crippen LogP contribution in [-0.4, -0.2) is 16.1 Å². The third kappa shape index (κ3) is 3.37. The number of carboxylic acid groups (broad SMARTS) is 1. The lowest BCUT2D eigenvalue weighted by Crippen LogP contribution is -1.95. The number of rotatable bonds is 5. The zero-order valence-corrected chi connectivity index (χ0v) is 10.4. The van der Waals surface area contributed by atoms with Gasteiger partial charge in [0.25, 0.3) is 0 Å². The van der Waals surface area contributed by atoms with Crippen LogP contribution in [0.1, 0.15) is 18.5 Å². The van der Waals surface area contributed by atoms with Gasteiger partial charge in [0.2, 0.25) is 0 Å². The molecule has 1 aromatic heterocycles. The fourth-order valence-corrected chi connectivity index (χ4v) is 2.43. The van der Waals surface area contributed by atoms with Crippen molar-refractivity contribution in [1.82, 2.24) is 4.98 Å². The Labute approximate surface area is 108 Å². The van der Waals surface area contributed by atoms with Gasteiger partial charge in [0.05, 0.1) is 5.69 Å². The van der Waals surface area contributed by atoms with Crippen molar-refractivity contribution >= 4 is 17.3 Å². The van der Waals surface area contributed by atoms with Crippen LogP contribution in [0.5, 0.6) is 0 Å². The molecule has 0 radical (unpaired) electrons. The van der Waals surface area contributed by atoms with E-state index < -0.39 is 5.97 Å². The van der Waals surface area contributed by atoms with E-state index in [2.05, 4.69) is 4.98 Å². The summed E-state index contributed by atoms with van der Waals surface area (Å²) in [5, 5.41) is 11.3. The van der Waals surface area contributed by atoms with Gasteiger partial charge in [0.1, 0.15) is 10.8 Å². The summed E-state index contributed by atoms with van der Waals surface area (Å²) < 4.78 is 12.8. The molecule has 0 saturated carbocycles. The molecule has 0 spiro atoms. The smallest absolute Gasteiger partial charge is 0.303 e. The number of benzene rings is 1. The predicted octanol–water partition coefficient (Wildman–Crippen LogP) is 3.36. The number of halogens is 1. The number of nitrogens with zero attached hydrogens (tertiary/aromatic N) is 1. The molecular weight excluding hydrogens is 253 g/mol. The Balaban J connectivity index is 2.01. The van der Waals surface area contributed by atoms with Crippen LogP contribution >= 0.6 is 11.3 Å². The van der Waals surface area contributed by atoms with Crippen molar-refractivity contribution in [2.45, 2.75) is 19.3 Å². The molecule has 5 heteroatoms. The van der Waals surface area contributed by atoms with E-state index in [0.717, 1.165) is 16.3 Å². The molecule has 0 saturated heterocycles. The van der Waals surface area contributed by atoms with E-state index in [1.807, 2.05) is 5.38 Å². The molecule has 0 amide bonds. The Bertz CT molecular complexity index is 536. The minimum atomic E-state index is -0.788. The number of aromatic nitrogens is 1. The van der Waals surface area contributed by atoms with Gasteiger partial charge >= 0.3 is 5.97 Å². The van der Waals surface area contributed by atoms with Crippen molar-refractivity contribution < 1.29 is 14.3 Å². The van der Waals surface area contributed by atoms with E-state index in [1.54, 1.807) is 12.1 Å². The van der Waals surface area contributed by atoms with Crippen LogP contribution in [0, 0.1) is 5.82 Å². The van der Waals surface area contributed by atoms with Crippen molar-refractivity contribution in [1.29, 1.82) is 0 Å². The molecule has 0 aliphatic heterocycles. The summed E-state index contributed by atoms with van der Waals surface area (Å²) in [4.78, 5) is 14.8. The highest BCUT2D eigenvalue weighted by atomic mass is 32.1. The molecule has 0 aliphatic carbocycles. The summed E-state index contributed by atoms with van der Waals surface area (Å²) in [5.74, 6) is -1.05. The van der Waals surface area contributed by atoms with Crippen LogP contribution in [-0.2, 0) is 11.2 Å². The first-order chi connectivity index (χ1) is 8.65. The van der Waals surface area contributed by atoms with Crippen molar-refractivity contribution in [3.8, 4) is 10.6 Å². The van der Waals surface area contributed by atoms with Gasteiger partial charge in [-0.15, -0.1) is 11.3 Å². The number of thiazole rings is 1. The molecule has 0 atom stereocenters. The van der Waals surface area contributed by atoms with Gasteiger partial charge in [0.15, 0.2) is 0 Å². The number of aryl methyl sites for hydroxylation is 1. The van der Waals surface area contributed by atoms with Crippen LogP contribution in [0.4, 0.5) is 4.39 Å². The lowest BCUT2D eigenvalue weighted by Gasteiger charge is -1.96. The zero-order chi connectivity index (χ0) is 13.0. The predicted molar refractivity (Wildman–Crippen MR) is 68.1 cm³/mol. The summed E-state index contributed by atoms with van der Waals surface area (Å²) in [6.45, 7) is 0. The second kappa shape index (κ2) is 5.73. The summed E-state index contributed by atoms with van der Waals surface area (Å²) in [7, 11) is 0. The average Bonchev–Trinajstić information content (AvgIpc) is 2.78. The molecule has 1 heterocycles. The van der Waals surface area contributed by atoms with E-state index in [9.17, 15) is 9.18 Å². The molecular formula is C13H12FNO2S. The van der Waals surface area contributed by atoms with E-state index in [-0.39, 0.29) is 12.2 Å². The number of hydrogen-bond acceptors (Lipinski definition) is 3. The van der Waals surface area contributed by atoms with Gasteiger partial charge < -0.3 is 5.11 Å². The quantitative estimate of drug-likeness (QED) is 0.901. The Morgan fingerprint density at radius 3 is 2.72 bits per heavy atom. The van der Waals surface area contributed by atoms with Crippen LogP contribution in [0.25, 0.3) is 10.6 Å². The van der Waals surface area contributed by atoms with E-state index >= 15 is 0 Å². The lowest BCUT2D eigenvalue weighted by molar-refractivity contribution is -0.137. The second-order valence-corrected chi connectivity index (χ2v) is 4.76. The average molecular weight is 265 g/mol. The monoisotopic (exact) mass is 265 g/mol. The van der Waals surface area contributed by atoms with Gasteiger partial charge in [-0.2, -0.15) is 0 Å². The lowest BCUT2D eigenvalue weighted by atomic mass is 10.2. The topological polar surface area (TPSA) is 50.2 Å². The molecule has 94 valence electrons. The highest BCUT2D eigenvalue weighted by Crippen LogP contribution is 2.24. The Kier molecular flexibility index (Phi) is 4.04. The minimum Gasteiger partial charge on any atom is -0.481 e. The maximum atomic E-state index is 12.8. The zero-order valence-electron chi connectivity index (χ0n) is 9.60. The Morgan fingerprint density at radius 1 is 1.33 bits per heavy atom. The van der Waals surface area contributed by atoms with Crippen LogP contribution in [0.15, 0.2) is 29.6 Å². The van der Waals surface area contributed by atoms with Crippen LogP contribution in [0.3, 0.4) is 0 Å².